The molecule has 4 rings (SSSR count). The fraction of sp³-hybridized carbons (Fsp3) is 0.643. The quantitative estimate of drug-likeness (QED) is 0.459. The van der Waals surface area contributed by atoms with Crippen molar-refractivity contribution in [1.82, 2.24) is 0 Å². The zero-order valence-electron chi connectivity index (χ0n) is 18.6. The molecule has 0 amide bonds. The van der Waals surface area contributed by atoms with Crippen LogP contribution in [-0.4, -0.2) is 0 Å². The van der Waals surface area contributed by atoms with Gasteiger partial charge in [-0.15, -0.1) is 0 Å². The van der Waals surface area contributed by atoms with Gasteiger partial charge in [0.2, 0.25) is 0 Å². The van der Waals surface area contributed by atoms with Crippen LogP contribution in [0.5, 0.6) is 0 Å². The molecule has 2 saturated carbocycles. The molecule has 2 aromatic carbocycles. The van der Waals surface area contributed by atoms with E-state index in [-0.39, 0.29) is 5.82 Å². The molecular weight excluding hydrogens is 355 g/mol. The fourth-order valence-electron chi connectivity index (χ4n) is 6.07. The first-order valence-corrected chi connectivity index (χ1v) is 12.4. The first kappa shape index (κ1) is 20.9. The van der Waals surface area contributed by atoms with Gasteiger partial charge in [-0.25, -0.2) is 4.39 Å². The Morgan fingerprint density at radius 3 is 2.00 bits per heavy atom. The standard InChI is InChI=1S/C28H39F/c1-3-20-5-7-21(8-6-20)9-10-22-11-13-24(14-12-22)25-17-18-27-26(19-25)16-15-23(4-2)28(27)29/h15-22,24H,3-14H2,1-2H3. The lowest BCUT2D eigenvalue weighted by atomic mass is 9.74. The monoisotopic (exact) mass is 394 g/mol. The lowest BCUT2D eigenvalue weighted by Gasteiger charge is -2.32. The summed E-state index contributed by atoms with van der Waals surface area (Å²) < 4.78 is 14.6. The van der Waals surface area contributed by atoms with E-state index in [4.69, 9.17) is 0 Å². The largest absolute Gasteiger partial charge is 0.206 e. The minimum absolute atomic E-state index is 0.0202. The molecule has 0 bridgehead atoms. The number of hydrogen-bond acceptors (Lipinski definition) is 0. The SMILES string of the molecule is CCc1ccc2cc(C3CCC(CCC4CCC(CC)CC4)CC3)ccc2c1F. The Morgan fingerprint density at radius 1 is 0.759 bits per heavy atom. The molecule has 0 unspecified atom stereocenters. The summed E-state index contributed by atoms with van der Waals surface area (Å²) in [6, 6.07) is 10.6. The van der Waals surface area contributed by atoms with Crippen LogP contribution in [0.3, 0.4) is 0 Å². The van der Waals surface area contributed by atoms with Gasteiger partial charge in [-0.05, 0) is 72.3 Å². The fourth-order valence-corrected chi connectivity index (χ4v) is 6.07. The van der Waals surface area contributed by atoms with Crippen LogP contribution >= 0.6 is 0 Å². The molecule has 0 N–H and O–H groups in total. The molecule has 0 heterocycles. The van der Waals surface area contributed by atoms with Gasteiger partial charge in [0.15, 0.2) is 0 Å². The summed E-state index contributed by atoms with van der Waals surface area (Å²) in [6.07, 6.45) is 16.4. The summed E-state index contributed by atoms with van der Waals surface area (Å²) in [5.41, 5.74) is 2.26. The van der Waals surface area contributed by atoms with E-state index in [1.165, 1.54) is 76.2 Å². The Hall–Kier alpha value is -1.37. The third-order valence-electron chi connectivity index (χ3n) is 8.28. The zero-order chi connectivity index (χ0) is 20.2. The van der Waals surface area contributed by atoms with Gasteiger partial charge in [-0.1, -0.05) is 89.1 Å². The molecule has 0 spiro atoms. The van der Waals surface area contributed by atoms with Crippen molar-refractivity contribution >= 4 is 10.8 Å². The van der Waals surface area contributed by atoms with Crippen molar-refractivity contribution in [3.8, 4) is 0 Å². The highest BCUT2D eigenvalue weighted by molar-refractivity contribution is 5.84. The van der Waals surface area contributed by atoms with Gasteiger partial charge in [0, 0.05) is 5.39 Å². The van der Waals surface area contributed by atoms with Crippen LogP contribution in [0.15, 0.2) is 30.3 Å². The lowest BCUT2D eigenvalue weighted by molar-refractivity contribution is 0.227. The van der Waals surface area contributed by atoms with Crippen LogP contribution in [0.4, 0.5) is 4.39 Å². The maximum atomic E-state index is 14.6. The van der Waals surface area contributed by atoms with E-state index in [1.54, 1.807) is 0 Å². The highest BCUT2D eigenvalue weighted by Gasteiger charge is 2.25. The van der Waals surface area contributed by atoms with Crippen molar-refractivity contribution in [2.24, 2.45) is 17.8 Å². The average molecular weight is 395 g/mol. The van der Waals surface area contributed by atoms with E-state index in [9.17, 15) is 4.39 Å². The van der Waals surface area contributed by atoms with E-state index in [0.29, 0.717) is 5.92 Å². The van der Waals surface area contributed by atoms with E-state index >= 15 is 0 Å². The molecule has 1 heteroatoms. The predicted molar refractivity (Wildman–Crippen MR) is 123 cm³/mol. The second-order valence-corrected chi connectivity index (χ2v) is 9.96. The average Bonchev–Trinajstić information content (AvgIpc) is 2.78. The number of benzene rings is 2. The van der Waals surface area contributed by atoms with Gasteiger partial charge in [-0.3, -0.25) is 0 Å². The first-order chi connectivity index (χ1) is 14.2. The Labute approximate surface area is 177 Å². The minimum atomic E-state index is -0.0202. The molecule has 0 aliphatic heterocycles. The van der Waals surface area contributed by atoms with Crippen LogP contribution in [0.2, 0.25) is 0 Å². The minimum Gasteiger partial charge on any atom is -0.206 e. The summed E-state index contributed by atoms with van der Waals surface area (Å²) in [6.45, 7) is 4.38. The molecule has 2 aliphatic rings. The molecule has 0 aromatic heterocycles. The van der Waals surface area contributed by atoms with E-state index in [2.05, 4.69) is 25.1 Å². The Morgan fingerprint density at radius 2 is 1.38 bits per heavy atom. The molecule has 0 nitrogen and oxygen atoms in total. The summed E-state index contributed by atoms with van der Waals surface area (Å²) in [4.78, 5) is 0. The smallest absolute Gasteiger partial charge is 0.134 e. The van der Waals surface area contributed by atoms with Crippen LogP contribution in [0, 0.1) is 23.6 Å². The molecule has 29 heavy (non-hydrogen) atoms. The maximum absolute atomic E-state index is 14.6. The first-order valence-electron chi connectivity index (χ1n) is 12.4. The Bertz CT molecular complexity index is 791. The highest BCUT2D eigenvalue weighted by atomic mass is 19.1. The Kier molecular flexibility index (Phi) is 6.93. The van der Waals surface area contributed by atoms with Gasteiger partial charge >= 0.3 is 0 Å². The maximum Gasteiger partial charge on any atom is 0.134 e. The van der Waals surface area contributed by atoms with Gasteiger partial charge in [0.25, 0.3) is 0 Å². The molecule has 2 fully saturated rings. The van der Waals surface area contributed by atoms with Gasteiger partial charge < -0.3 is 0 Å². The number of fused-ring (bicyclic) bond motifs is 1. The van der Waals surface area contributed by atoms with Crippen LogP contribution in [0.25, 0.3) is 10.8 Å². The van der Waals surface area contributed by atoms with Gasteiger partial charge in [-0.2, -0.15) is 0 Å². The van der Waals surface area contributed by atoms with E-state index in [1.807, 2.05) is 19.1 Å². The van der Waals surface area contributed by atoms with Crippen molar-refractivity contribution < 1.29 is 4.39 Å². The second kappa shape index (κ2) is 9.63. The molecule has 0 saturated heterocycles. The topological polar surface area (TPSA) is 0 Å². The molecule has 158 valence electrons. The number of hydrogen-bond donors (Lipinski definition) is 0. The highest BCUT2D eigenvalue weighted by Crippen LogP contribution is 2.40. The molecular formula is C28H39F. The summed E-state index contributed by atoms with van der Waals surface area (Å²) >= 11 is 0. The molecule has 2 aliphatic carbocycles. The predicted octanol–water partition coefficient (Wildman–Crippen LogP) is 8.81. The van der Waals surface area contributed by atoms with Crippen LogP contribution < -0.4 is 0 Å². The summed E-state index contributed by atoms with van der Waals surface area (Å²) in [7, 11) is 0. The van der Waals surface area contributed by atoms with Crippen molar-refractivity contribution in [2.45, 2.75) is 96.8 Å². The lowest BCUT2D eigenvalue weighted by Crippen LogP contribution is -2.17. The number of rotatable bonds is 6. The summed E-state index contributed by atoms with van der Waals surface area (Å²) in [5.74, 6) is 3.63. The van der Waals surface area contributed by atoms with Crippen LogP contribution in [0.1, 0.15) is 102 Å². The van der Waals surface area contributed by atoms with Gasteiger partial charge in [0.1, 0.15) is 5.82 Å². The molecule has 0 atom stereocenters. The third-order valence-corrected chi connectivity index (χ3v) is 8.28. The van der Waals surface area contributed by atoms with Crippen LogP contribution in [-0.2, 0) is 6.42 Å². The van der Waals surface area contributed by atoms with Crippen molar-refractivity contribution in [3.05, 3.63) is 47.3 Å². The van der Waals surface area contributed by atoms with E-state index in [0.717, 1.165) is 40.5 Å². The van der Waals surface area contributed by atoms with Crippen molar-refractivity contribution in [2.75, 3.05) is 0 Å². The summed E-state index contributed by atoms with van der Waals surface area (Å²) in [5, 5.41) is 1.86. The second-order valence-electron chi connectivity index (χ2n) is 9.96. The van der Waals surface area contributed by atoms with E-state index < -0.39 is 0 Å². The van der Waals surface area contributed by atoms with Gasteiger partial charge in [0.05, 0.1) is 0 Å². The third kappa shape index (κ3) is 4.86. The molecule has 2 aromatic rings. The Balaban J connectivity index is 1.29. The van der Waals surface area contributed by atoms with Crippen molar-refractivity contribution in [1.29, 1.82) is 0 Å². The number of aryl methyl sites for hydroxylation is 1. The van der Waals surface area contributed by atoms with Crippen molar-refractivity contribution in [3.63, 3.8) is 0 Å². The number of halogens is 1. The zero-order valence-corrected chi connectivity index (χ0v) is 18.6. The molecule has 0 radical (unpaired) electrons. The normalized spacial score (nSPS) is 28.0.